The van der Waals surface area contributed by atoms with Crippen LogP contribution in [0.25, 0.3) is 33.6 Å². The fourth-order valence-electron chi connectivity index (χ4n) is 6.43. The van der Waals surface area contributed by atoms with Crippen LogP contribution in [0.4, 0.5) is 0 Å². The summed E-state index contributed by atoms with van der Waals surface area (Å²) in [5.74, 6) is 0.168. The molecular weight excluding hydrogens is 506 g/mol. The molecule has 6 aromatic rings. The molecule has 0 aliphatic heterocycles. The second-order valence-electron chi connectivity index (χ2n) is 11.5. The minimum Gasteiger partial charge on any atom is -0.309 e. The molecule has 1 heterocycles. The maximum absolute atomic E-state index is 3.93. The van der Waals surface area contributed by atoms with Gasteiger partial charge >= 0.3 is 0 Å². The monoisotopic (exact) mass is 547 g/mol. The lowest BCUT2D eigenvalue weighted by Gasteiger charge is -2.20. The summed E-state index contributed by atoms with van der Waals surface area (Å²) in [6.45, 7) is 6.21. The molecule has 0 amide bonds. The lowest BCUT2D eigenvalue weighted by atomic mass is 9.85. The van der Waals surface area contributed by atoms with Crippen molar-refractivity contribution in [1.29, 1.82) is 0 Å². The number of para-hydroxylation sites is 1. The van der Waals surface area contributed by atoms with Crippen LogP contribution < -0.4 is 0 Å². The van der Waals surface area contributed by atoms with Crippen molar-refractivity contribution in [3.05, 3.63) is 156 Å². The van der Waals surface area contributed by atoms with Crippen molar-refractivity contribution in [2.24, 2.45) is 0 Å². The van der Waals surface area contributed by atoms with Gasteiger partial charge in [-0.1, -0.05) is 143 Å². The Kier molecular flexibility index (Phi) is 8.66. The van der Waals surface area contributed by atoms with E-state index in [9.17, 15) is 0 Å². The molecule has 210 valence electrons. The fraction of sp³-hybridized carbons (Fsp3) is 0.220. The standard InChI is InChI=1S/C41H41N/c1-3-5-6-7-8-10-15-32-22-29-40-38(30-32)37-18-13-14-19-39(37)42(40)36-27-25-35(26-28-36)41(33-16-11-9-12-17-33)34-23-20-31(4-2)21-24-34/h4,9,11-14,16-30,41H,2-3,5-8,10,15H2,1H3. The minimum absolute atomic E-state index is 0.168. The van der Waals surface area contributed by atoms with Crippen LogP contribution in [-0.2, 0) is 6.42 Å². The molecule has 0 bridgehead atoms. The van der Waals surface area contributed by atoms with E-state index in [4.69, 9.17) is 0 Å². The van der Waals surface area contributed by atoms with Gasteiger partial charge < -0.3 is 4.57 Å². The molecule has 0 N–H and O–H groups in total. The molecule has 1 unspecified atom stereocenters. The van der Waals surface area contributed by atoms with Gasteiger partial charge in [-0.05, 0) is 71.0 Å². The first-order valence-corrected chi connectivity index (χ1v) is 15.7. The summed E-state index contributed by atoms with van der Waals surface area (Å²) in [5.41, 5.74) is 10.2. The topological polar surface area (TPSA) is 4.93 Å². The van der Waals surface area contributed by atoms with E-state index < -0.39 is 0 Å². The number of rotatable bonds is 12. The van der Waals surface area contributed by atoms with Crippen LogP contribution >= 0.6 is 0 Å². The average molecular weight is 548 g/mol. The predicted octanol–water partition coefficient (Wildman–Crippen LogP) is 11.5. The van der Waals surface area contributed by atoms with E-state index in [-0.39, 0.29) is 5.92 Å². The second-order valence-corrected chi connectivity index (χ2v) is 11.5. The highest BCUT2D eigenvalue weighted by atomic mass is 15.0. The lowest BCUT2D eigenvalue weighted by Crippen LogP contribution is -2.04. The van der Waals surface area contributed by atoms with E-state index in [1.807, 2.05) is 6.08 Å². The smallest absolute Gasteiger partial charge is 0.0541 e. The Labute approximate surface area is 251 Å². The number of nitrogens with zero attached hydrogens (tertiary/aromatic N) is 1. The van der Waals surface area contributed by atoms with Gasteiger partial charge in [-0.3, -0.25) is 0 Å². The Bertz CT molecular complexity index is 1750. The second kappa shape index (κ2) is 13.1. The summed E-state index contributed by atoms with van der Waals surface area (Å²) in [5, 5.41) is 2.67. The molecule has 0 saturated heterocycles. The first-order valence-electron chi connectivity index (χ1n) is 15.7. The molecule has 1 nitrogen and oxygen atoms in total. The van der Waals surface area contributed by atoms with Gasteiger partial charge in [-0.25, -0.2) is 0 Å². The van der Waals surface area contributed by atoms with Crippen LogP contribution in [-0.4, -0.2) is 4.57 Å². The van der Waals surface area contributed by atoms with Crippen LogP contribution in [0, 0.1) is 0 Å². The highest BCUT2D eigenvalue weighted by molar-refractivity contribution is 6.09. The normalized spacial score (nSPS) is 12.1. The molecule has 0 aliphatic carbocycles. The molecule has 1 heteroatoms. The Balaban J connectivity index is 1.34. The van der Waals surface area contributed by atoms with Crippen molar-refractivity contribution in [2.45, 2.75) is 57.8 Å². The molecule has 1 atom stereocenters. The fourth-order valence-corrected chi connectivity index (χ4v) is 6.43. The molecule has 42 heavy (non-hydrogen) atoms. The average Bonchev–Trinajstić information content (AvgIpc) is 3.38. The van der Waals surface area contributed by atoms with E-state index >= 15 is 0 Å². The van der Waals surface area contributed by atoms with Crippen molar-refractivity contribution in [3.63, 3.8) is 0 Å². The number of aromatic nitrogens is 1. The third kappa shape index (κ3) is 5.83. The van der Waals surface area contributed by atoms with Gasteiger partial charge in [0.15, 0.2) is 0 Å². The van der Waals surface area contributed by atoms with E-state index in [1.165, 1.54) is 88.3 Å². The summed E-state index contributed by atoms with van der Waals surface area (Å²) in [4.78, 5) is 0. The van der Waals surface area contributed by atoms with Crippen molar-refractivity contribution >= 4 is 27.9 Å². The maximum Gasteiger partial charge on any atom is 0.0541 e. The van der Waals surface area contributed by atoms with Crippen LogP contribution in [0.1, 0.15) is 79.2 Å². The van der Waals surface area contributed by atoms with E-state index in [0.29, 0.717) is 0 Å². The van der Waals surface area contributed by atoms with E-state index in [2.05, 4.69) is 139 Å². The quantitative estimate of drug-likeness (QED) is 0.106. The summed E-state index contributed by atoms with van der Waals surface area (Å²) in [6, 6.07) is 44.8. The van der Waals surface area contributed by atoms with Gasteiger partial charge in [0.2, 0.25) is 0 Å². The zero-order chi connectivity index (χ0) is 28.7. The number of hydrogen-bond donors (Lipinski definition) is 0. The number of hydrogen-bond acceptors (Lipinski definition) is 0. The van der Waals surface area contributed by atoms with Crippen molar-refractivity contribution in [2.75, 3.05) is 0 Å². The largest absolute Gasteiger partial charge is 0.309 e. The summed E-state index contributed by atoms with van der Waals surface area (Å²) in [6.07, 6.45) is 11.1. The Morgan fingerprint density at radius 3 is 1.95 bits per heavy atom. The molecule has 0 fully saturated rings. The number of unbranched alkanes of at least 4 members (excludes halogenated alkanes) is 5. The summed E-state index contributed by atoms with van der Waals surface area (Å²) in [7, 11) is 0. The molecule has 0 spiro atoms. The van der Waals surface area contributed by atoms with Crippen molar-refractivity contribution < 1.29 is 0 Å². The molecular formula is C41H41N. The molecule has 5 aromatic carbocycles. The first kappa shape index (κ1) is 27.8. The first-order chi connectivity index (χ1) is 20.8. The zero-order valence-electron chi connectivity index (χ0n) is 24.8. The molecule has 0 aliphatic rings. The van der Waals surface area contributed by atoms with Crippen molar-refractivity contribution in [1.82, 2.24) is 4.57 Å². The maximum atomic E-state index is 3.93. The van der Waals surface area contributed by atoms with Gasteiger partial charge in [0, 0.05) is 22.4 Å². The number of aryl methyl sites for hydroxylation is 1. The highest BCUT2D eigenvalue weighted by Gasteiger charge is 2.18. The van der Waals surface area contributed by atoms with E-state index in [1.54, 1.807) is 0 Å². The predicted molar refractivity (Wildman–Crippen MR) is 182 cm³/mol. The molecule has 0 radical (unpaired) electrons. The third-order valence-corrected chi connectivity index (χ3v) is 8.68. The molecule has 0 saturated carbocycles. The molecule has 1 aromatic heterocycles. The lowest BCUT2D eigenvalue weighted by molar-refractivity contribution is 0.607. The van der Waals surface area contributed by atoms with Crippen LogP contribution in [0.15, 0.2) is 128 Å². The summed E-state index contributed by atoms with van der Waals surface area (Å²) < 4.78 is 2.43. The van der Waals surface area contributed by atoms with Gasteiger partial charge in [0.1, 0.15) is 0 Å². The van der Waals surface area contributed by atoms with Crippen LogP contribution in [0.3, 0.4) is 0 Å². The SMILES string of the molecule is C=Cc1ccc(C(c2ccccc2)c2ccc(-n3c4ccccc4c4cc(CCCCCCCC)ccc43)cc2)cc1. The Morgan fingerprint density at radius 1 is 0.595 bits per heavy atom. The van der Waals surface area contributed by atoms with Gasteiger partial charge in [0.25, 0.3) is 0 Å². The Hall–Kier alpha value is -4.36. The number of fused-ring (bicyclic) bond motifs is 3. The van der Waals surface area contributed by atoms with Crippen LogP contribution in [0.5, 0.6) is 0 Å². The van der Waals surface area contributed by atoms with Gasteiger partial charge in [-0.2, -0.15) is 0 Å². The van der Waals surface area contributed by atoms with Gasteiger partial charge in [0.05, 0.1) is 11.0 Å². The van der Waals surface area contributed by atoms with Gasteiger partial charge in [-0.15, -0.1) is 0 Å². The Morgan fingerprint density at radius 2 is 1.21 bits per heavy atom. The minimum atomic E-state index is 0.168. The zero-order valence-corrected chi connectivity index (χ0v) is 24.8. The third-order valence-electron chi connectivity index (χ3n) is 8.68. The van der Waals surface area contributed by atoms with Crippen molar-refractivity contribution in [3.8, 4) is 5.69 Å². The molecule has 6 rings (SSSR count). The number of benzene rings is 5. The summed E-state index contributed by atoms with van der Waals surface area (Å²) >= 11 is 0. The van der Waals surface area contributed by atoms with E-state index in [0.717, 1.165) is 12.0 Å². The van der Waals surface area contributed by atoms with Crippen LogP contribution in [0.2, 0.25) is 0 Å². The highest BCUT2D eigenvalue weighted by Crippen LogP contribution is 2.36.